The highest BCUT2D eigenvalue weighted by molar-refractivity contribution is 5.94. The van der Waals surface area contributed by atoms with Crippen molar-refractivity contribution in [2.75, 3.05) is 6.54 Å². The highest BCUT2D eigenvalue weighted by atomic mass is 19.4. The summed E-state index contributed by atoms with van der Waals surface area (Å²) >= 11 is 0. The summed E-state index contributed by atoms with van der Waals surface area (Å²) in [5.74, 6) is 0.531. The molecule has 0 unspecified atom stereocenters. The Bertz CT molecular complexity index is 832. The van der Waals surface area contributed by atoms with E-state index in [1.165, 1.54) is 0 Å². The third-order valence-electron chi connectivity index (χ3n) is 4.20. The van der Waals surface area contributed by atoms with E-state index in [1.54, 1.807) is 24.3 Å². The first-order chi connectivity index (χ1) is 13.2. The molecule has 1 fully saturated rings. The number of hydrogen-bond donors (Lipinski definition) is 1. The molecule has 0 bridgehead atoms. The quantitative estimate of drug-likeness (QED) is 0.768. The van der Waals surface area contributed by atoms with Crippen LogP contribution in [0.2, 0.25) is 0 Å². The Kier molecular flexibility index (Phi) is 5.86. The SMILES string of the molecule is CC(C)Oc1ccc(C(=O)NCCc2nc(C3CC3)cc(C(F)(F)F)n2)cc1. The maximum atomic E-state index is 13.0. The van der Waals surface area contributed by atoms with Crippen LogP contribution in [0.1, 0.15) is 60.2 Å². The molecule has 0 saturated heterocycles. The number of benzene rings is 1. The number of halogens is 3. The smallest absolute Gasteiger partial charge is 0.433 e. The Morgan fingerprint density at radius 3 is 2.46 bits per heavy atom. The minimum atomic E-state index is -4.51. The van der Waals surface area contributed by atoms with Crippen molar-refractivity contribution in [2.24, 2.45) is 0 Å². The molecule has 1 amide bonds. The van der Waals surface area contributed by atoms with E-state index in [-0.39, 0.29) is 36.7 Å². The summed E-state index contributed by atoms with van der Waals surface area (Å²) in [6.07, 6.45) is -2.65. The molecule has 5 nitrogen and oxygen atoms in total. The number of rotatable bonds is 7. The summed E-state index contributed by atoms with van der Waals surface area (Å²) < 4.78 is 44.7. The van der Waals surface area contributed by atoms with E-state index in [4.69, 9.17) is 4.74 Å². The standard InChI is InChI=1S/C20H22F3N3O2/c1-12(2)28-15-7-5-14(6-8-15)19(27)24-10-9-18-25-16(13-3-4-13)11-17(26-18)20(21,22)23/h5-8,11-13H,3-4,9-10H2,1-2H3,(H,24,27). The van der Waals surface area contributed by atoms with Crippen molar-refractivity contribution in [3.8, 4) is 5.75 Å². The Morgan fingerprint density at radius 2 is 1.89 bits per heavy atom. The summed E-state index contributed by atoms with van der Waals surface area (Å²) in [6.45, 7) is 3.96. The van der Waals surface area contributed by atoms with E-state index in [2.05, 4.69) is 15.3 Å². The van der Waals surface area contributed by atoms with Crippen molar-refractivity contribution in [1.82, 2.24) is 15.3 Å². The molecule has 0 spiro atoms. The van der Waals surface area contributed by atoms with E-state index in [1.807, 2.05) is 13.8 Å². The highest BCUT2D eigenvalue weighted by Gasteiger charge is 2.35. The number of nitrogens with one attached hydrogen (secondary N) is 1. The average molecular weight is 393 g/mol. The number of carbonyl (C=O) groups is 1. The molecule has 1 saturated carbocycles. The molecule has 0 atom stereocenters. The van der Waals surface area contributed by atoms with Crippen LogP contribution < -0.4 is 10.1 Å². The van der Waals surface area contributed by atoms with Gasteiger partial charge >= 0.3 is 6.18 Å². The molecule has 3 rings (SSSR count). The number of ether oxygens (including phenoxy) is 1. The number of amides is 1. The Labute approximate surface area is 161 Å². The number of aromatic nitrogens is 2. The third-order valence-corrected chi connectivity index (χ3v) is 4.20. The predicted molar refractivity (Wildman–Crippen MR) is 97.3 cm³/mol. The molecule has 1 aliphatic rings. The van der Waals surface area contributed by atoms with Gasteiger partial charge in [-0.05, 0) is 57.0 Å². The Hall–Kier alpha value is -2.64. The largest absolute Gasteiger partial charge is 0.491 e. The predicted octanol–water partition coefficient (Wildman–Crippen LogP) is 4.13. The van der Waals surface area contributed by atoms with Crippen molar-refractivity contribution in [1.29, 1.82) is 0 Å². The van der Waals surface area contributed by atoms with Gasteiger partial charge in [-0.25, -0.2) is 9.97 Å². The van der Waals surface area contributed by atoms with Crippen LogP contribution in [0.4, 0.5) is 13.2 Å². The van der Waals surface area contributed by atoms with Crippen molar-refractivity contribution in [3.63, 3.8) is 0 Å². The summed E-state index contributed by atoms with van der Waals surface area (Å²) in [5.41, 5.74) is -0.0457. The van der Waals surface area contributed by atoms with Crippen LogP contribution in [0.3, 0.4) is 0 Å². The lowest BCUT2D eigenvalue weighted by molar-refractivity contribution is -0.141. The Morgan fingerprint density at radius 1 is 1.21 bits per heavy atom. The van der Waals surface area contributed by atoms with Crippen LogP contribution in [-0.4, -0.2) is 28.5 Å². The van der Waals surface area contributed by atoms with Crippen LogP contribution >= 0.6 is 0 Å². The molecule has 28 heavy (non-hydrogen) atoms. The van der Waals surface area contributed by atoms with Gasteiger partial charge in [-0.2, -0.15) is 13.2 Å². The van der Waals surface area contributed by atoms with Crippen LogP contribution in [-0.2, 0) is 12.6 Å². The van der Waals surface area contributed by atoms with E-state index in [0.29, 0.717) is 17.0 Å². The summed E-state index contributed by atoms with van der Waals surface area (Å²) in [4.78, 5) is 20.1. The normalized spacial score (nSPS) is 14.2. The first-order valence-corrected chi connectivity index (χ1v) is 9.22. The first-order valence-electron chi connectivity index (χ1n) is 9.22. The van der Waals surface area contributed by atoms with Gasteiger partial charge in [0.2, 0.25) is 0 Å². The zero-order valence-electron chi connectivity index (χ0n) is 15.7. The monoisotopic (exact) mass is 393 g/mol. The zero-order chi connectivity index (χ0) is 20.3. The van der Waals surface area contributed by atoms with Gasteiger partial charge in [-0.3, -0.25) is 4.79 Å². The molecule has 0 radical (unpaired) electrons. The topological polar surface area (TPSA) is 64.1 Å². The van der Waals surface area contributed by atoms with Crippen molar-refractivity contribution < 1.29 is 22.7 Å². The molecule has 2 aromatic rings. The molecule has 1 aromatic carbocycles. The van der Waals surface area contributed by atoms with Crippen LogP contribution in [0.25, 0.3) is 0 Å². The number of alkyl halides is 3. The summed E-state index contributed by atoms with van der Waals surface area (Å²) in [7, 11) is 0. The first kappa shape index (κ1) is 20.1. The summed E-state index contributed by atoms with van der Waals surface area (Å²) in [6, 6.07) is 7.71. The molecular formula is C20H22F3N3O2. The van der Waals surface area contributed by atoms with Gasteiger partial charge in [0.1, 0.15) is 17.3 Å². The molecule has 8 heteroatoms. The van der Waals surface area contributed by atoms with E-state index in [0.717, 1.165) is 18.9 Å². The van der Waals surface area contributed by atoms with E-state index < -0.39 is 11.9 Å². The fraction of sp³-hybridized carbons (Fsp3) is 0.450. The molecule has 1 aromatic heterocycles. The minimum absolute atomic E-state index is 0.0349. The second-order valence-corrected chi connectivity index (χ2v) is 7.06. The maximum Gasteiger partial charge on any atom is 0.433 e. The molecular weight excluding hydrogens is 371 g/mol. The van der Waals surface area contributed by atoms with Gasteiger partial charge in [-0.15, -0.1) is 0 Å². The fourth-order valence-electron chi connectivity index (χ4n) is 2.71. The maximum absolute atomic E-state index is 13.0. The average Bonchev–Trinajstić information content (AvgIpc) is 3.46. The number of hydrogen-bond acceptors (Lipinski definition) is 4. The number of nitrogens with zero attached hydrogens (tertiary/aromatic N) is 2. The van der Waals surface area contributed by atoms with Gasteiger partial charge in [-0.1, -0.05) is 0 Å². The highest BCUT2D eigenvalue weighted by Crippen LogP contribution is 2.40. The van der Waals surface area contributed by atoms with E-state index >= 15 is 0 Å². The molecule has 0 aliphatic heterocycles. The molecule has 1 heterocycles. The second-order valence-electron chi connectivity index (χ2n) is 7.06. The van der Waals surface area contributed by atoms with E-state index in [9.17, 15) is 18.0 Å². The van der Waals surface area contributed by atoms with Gasteiger partial charge in [0, 0.05) is 30.1 Å². The third kappa shape index (κ3) is 5.43. The summed E-state index contributed by atoms with van der Waals surface area (Å²) in [5, 5.41) is 2.69. The van der Waals surface area contributed by atoms with Crippen LogP contribution in [0.15, 0.2) is 30.3 Å². The molecule has 150 valence electrons. The fourth-order valence-corrected chi connectivity index (χ4v) is 2.71. The Balaban J connectivity index is 1.59. The second kappa shape index (κ2) is 8.16. The lowest BCUT2D eigenvalue weighted by Crippen LogP contribution is -2.26. The van der Waals surface area contributed by atoms with Crippen molar-refractivity contribution in [3.05, 3.63) is 53.1 Å². The molecule has 1 aliphatic carbocycles. The van der Waals surface area contributed by atoms with Gasteiger partial charge in [0.25, 0.3) is 5.91 Å². The molecule has 1 N–H and O–H groups in total. The lowest BCUT2D eigenvalue weighted by Gasteiger charge is -2.11. The van der Waals surface area contributed by atoms with Crippen LogP contribution in [0.5, 0.6) is 5.75 Å². The van der Waals surface area contributed by atoms with Gasteiger partial charge in [0.15, 0.2) is 0 Å². The van der Waals surface area contributed by atoms with Crippen LogP contribution in [0, 0.1) is 0 Å². The van der Waals surface area contributed by atoms with Gasteiger partial charge < -0.3 is 10.1 Å². The van der Waals surface area contributed by atoms with Crippen molar-refractivity contribution in [2.45, 2.75) is 51.3 Å². The number of carbonyl (C=O) groups excluding carboxylic acids is 1. The van der Waals surface area contributed by atoms with Gasteiger partial charge in [0.05, 0.1) is 6.10 Å². The van der Waals surface area contributed by atoms with Crippen molar-refractivity contribution >= 4 is 5.91 Å². The zero-order valence-corrected chi connectivity index (χ0v) is 15.7. The minimum Gasteiger partial charge on any atom is -0.491 e. The lowest BCUT2D eigenvalue weighted by atomic mass is 10.2.